The molecular formula is C15H29NO2. The van der Waals surface area contributed by atoms with Gasteiger partial charge in [0.25, 0.3) is 0 Å². The first-order chi connectivity index (χ1) is 8.34. The van der Waals surface area contributed by atoms with Gasteiger partial charge in [0.1, 0.15) is 0 Å². The van der Waals surface area contributed by atoms with E-state index in [2.05, 4.69) is 46.6 Å². The van der Waals surface area contributed by atoms with Gasteiger partial charge in [-0.15, -0.1) is 0 Å². The maximum atomic E-state index is 6.09. The van der Waals surface area contributed by atoms with Crippen molar-refractivity contribution < 1.29 is 9.47 Å². The van der Waals surface area contributed by atoms with Gasteiger partial charge in [-0.25, -0.2) is 0 Å². The molecule has 2 heterocycles. The van der Waals surface area contributed by atoms with Crippen LogP contribution >= 0.6 is 0 Å². The summed E-state index contributed by atoms with van der Waals surface area (Å²) in [5, 5.41) is 0. The van der Waals surface area contributed by atoms with Gasteiger partial charge in [0.05, 0.1) is 13.2 Å². The van der Waals surface area contributed by atoms with Crippen LogP contribution in [0.3, 0.4) is 0 Å². The summed E-state index contributed by atoms with van der Waals surface area (Å²) in [5.41, 5.74) is 0.287. The molecule has 0 bridgehead atoms. The first-order valence-electron chi connectivity index (χ1n) is 7.36. The van der Waals surface area contributed by atoms with Crippen molar-refractivity contribution in [2.45, 2.75) is 70.7 Å². The number of hydrogen-bond acceptors (Lipinski definition) is 3. The molecule has 2 aliphatic rings. The smallest absolute Gasteiger partial charge is 0.174 e. The van der Waals surface area contributed by atoms with Crippen LogP contribution in [0.25, 0.3) is 0 Å². The summed E-state index contributed by atoms with van der Waals surface area (Å²) in [6, 6.07) is 0. The van der Waals surface area contributed by atoms with Gasteiger partial charge >= 0.3 is 0 Å². The van der Waals surface area contributed by atoms with Crippen molar-refractivity contribution in [3.63, 3.8) is 0 Å². The molecule has 0 radical (unpaired) electrons. The Hall–Kier alpha value is -0.120. The number of piperidine rings is 1. The van der Waals surface area contributed by atoms with Crippen molar-refractivity contribution in [1.29, 1.82) is 0 Å². The third-order valence-electron chi connectivity index (χ3n) is 6.05. The minimum absolute atomic E-state index is 0.132. The summed E-state index contributed by atoms with van der Waals surface area (Å²) < 4.78 is 12.2. The van der Waals surface area contributed by atoms with Crippen molar-refractivity contribution in [2.75, 3.05) is 20.3 Å². The Bertz CT molecular complexity index is 312. The summed E-state index contributed by atoms with van der Waals surface area (Å²) in [6.45, 7) is 13.0. The van der Waals surface area contributed by atoms with Crippen molar-refractivity contribution in [2.24, 2.45) is 5.92 Å². The zero-order valence-corrected chi connectivity index (χ0v) is 12.9. The van der Waals surface area contributed by atoms with Crippen LogP contribution in [0.2, 0.25) is 0 Å². The van der Waals surface area contributed by atoms with Crippen molar-refractivity contribution in [1.82, 2.24) is 4.90 Å². The first-order valence-corrected chi connectivity index (χ1v) is 7.36. The lowest BCUT2D eigenvalue weighted by Gasteiger charge is -2.62. The molecule has 2 rings (SSSR count). The molecule has 1 spiro atoms. The zero-order chi connectivity index (χ0) is 13.6. The Morgan fingerprint density at radius 1 is 1.11 bits per heavy atom. The second kappa shape index (κ2) is 4.46. The lowest BCUT2D eigenvalue weighted by atomic mass is 9.66. The zero-order valence-electron chi connectivity index (χ0n) is 12.9. The molecule has 3 unspecified atom stereocenters. The standard InChI is InChI=1S/C15H29NO2/c1-7-13(4)11-15(17-9-10-18-15)12(3)14(5,8-2)16(13)6/h12H,7-11H2,1-6H3. The number of ether oxygens (including phenoxy) is 2. The summed E-state index contributed by atoms with van der Waals surface area (Å²) in [5.74, 6) is 0.0318. The predicted molar refractivity (Wildman–Crippen MR) is 73.6 cm³/mol. The fourth-order valence-corrected chi connectivity index (χ4v) is 3.91. The molecule has 2 aliphatic heterocycles. The highest BCUT2D eigenvalue weighted by molar-refractivity contribution is 5.09. The van der Waals surface area contributed by atoms with Crippen molar-refractivity contribution in [3.05, 3.63) is 0 Å². The number of nitrogens with zero attached hydrogens (tertiary/aromatic N) is 1. The number of likely N-dealkylation sites (tertiary alicyclic amines) is 1. The topological polar surface area (TPSA) is 21.7 Å². The molecular weight excluding hydrogens is 226 g/mol. The van der Waals surface area contributed by atoms with Gasteiger partial charge in [-0.05, 0) is 33.7 Å². The van der Waals surface area contributed by atoms with E-state index in [1.54, 1.807) is 0 Å². The molecule has 18 heavy (non-hydrogen) atoms. The molecule has 2 saturated heterocycles. The number of rotatable bonds is 2. The highest BCUT2D eigenvalue weighted by Crippen LogP contribution is 2.52. The van der Waals surface area contributed by atoms with Gasteiger partial charge in [-0.2, -0.15) is 0 Å². The molecule has 0 aromatic heterocycles. The van der Waals surface area contributed by atoms with Crippen LogP contribution in [-0.2, 0) is 9.47 Å². The third kappa shape index (κ3) is 1.75. The second-order valence-electron chi connectivity index (χ2n) is 6.53. The van der Waals surface area contributed by atoms with Crippen LogP contribution in [0.1, 0.15) is 53.9 Å². The monoisotopic (exact) mass is 255 g/mol. The largest absolute Gasteiger partial charge is 0.347 e. The van der Waals surface area contributed by atoms with E-state index in [0.29, 0.717) is 5.92 Å². The van der Waals surface area contributed by atoms with Crippen LogP contribution in [0.4, 0.5) is 0 Å². The Morgan fingerprint density at radius 2 is 1.67 bits per heavy atom. The fraction of sp³-hybridized carbons (Fsp3) is 1.00. The lowest BCUT2D eigenvalue weighted by molar-refractivity contribution is -0.276. The molecule has 0 aromatic rings. The van der Waals surface area contributed by atoms with E-state index in [1.807, 2.05) is 0 Å². The van der Waals surface area contributed by atoms with Crippen LogP contribution in [-0.4, -0.2) is 42.0 Å². The van der Waals surface area contributed by atoms with Crippen LogP contribution < -0.4 is 0 Å². The maximum absolute atomic E-state index is 6.09. The van der Waals surface area contributed by atoms with E-state index in [9.17, 15) is 0 Å². The molecule has 106 valence electrons. The summed E-state index contributed by atoms with van der Waals surface area (Å²) in [6.07, 6.45) is 3.22. The molecule has 0 N–H and O–H groups in total. The molecule has 0 aliphatic carbocycles. The number of hydrogen-bond donors (Lipinski definition) is 0. The van der Waals surface area contributed by atoms with Gasteiger partial charge in [-0.1, -0.05) is 20.8 Å². The molecule has 3 nitrogen and oxygen atoms in total. The maximum Gasteiger partial charge on any atom is 0.174 e. The van der Waals surface area contributed by atoms with Gasteiger partial charge in [0.2, 0.25) is 0 Å². The summed E-state index contributed by atoms with van der Waals surface area (Å²) in [4.78, 5) is 2.57. The van der Waals surface area contributed by atoms with Crippen LogP contribution in [0, 0.1) is 5.92 Å². The van der Waals surface area contributed by atoms with E-state index in [1.165, 1.54) is 0 Å². The fourth-order valence-electron chi connectivity index (χ4n) is 3.91. The highest BCUT2D eigenvalue weighted by Gasteiger charge is 2.60. The Balaban J connectivity index is 2.42. The Morgan fingerprint density at radius 3 is 2.11 bits per heavy atom. The molecule has 2 fully saturated rings. The average molecular weight is 255 g/mol. The van der Waals surface area contributed by atoms with E-state index < -0.39 is 0 Å². The minimum Gasteiger partial charge on any atom is -0.347 e. The van der Waals surface area contributed by atoms with E-state index >= 15 is 0 Å². The van der Waals surface area contributed by atoms with Crippen LogP contribution in [0.15, 0.2) is 0 Å². The van der Waals surface area contributed by atoms with Crippen molar-refractivity contribution in [3.8, 4) is 0 Å². The first kappa shape index (κ1) is 14.3. The highest BCUT2D eigenvalue weighted by atomic mass is 16.7. The van der Waals surface area contributed by atoms with Gasteiger partial charge in [0, 0.05) is 23.4 Å². The Kier molecular flexibility index (Phi) is 3.54. The SMILES string of the molecule is CCC1(C)CC2(OCCO2)C(C)C(C)(CC)N1C. The normalized spacial score (nSPS) is 44.7. The molecule has 3 heteroatoms. The minimum atomic E-state index is -0.359. The van der Waals surface area contributed by atoms with Crippen LogP contribution in [0.5, 0.6) is 0 Å². The second-order valence-corrected chi connectivity index (χ2v) is 6.53. The van der Waals surface area contributed by atoms with E-state index in [-0.39, 0.29) is 16.9 Å². The molecule has 3 atom stereocenters. The molecule has 0 aromatic carbocycles. The Labute approximate surface area is 112 Å². The lowest BCUT2D eigenvalue weighted by Crippen LogP contribution is -2.70. The van der Waals surface area contributed by atoms with Gasteiger partial charge in [-0.3, -0.25) is 4.90 Å². The molecule has 0 amide bonds. The van der Waals surface area contributed by atoms with Crippen molar-refractivity contribution >= 4 is 0 Å². The summed E-state index contributed by atoms with van der Waals surface area (Å²) in [7, 11) is 2.27. The van der Waals surface area contributed by atoms with E-state index in [4.69, 9.17) is 9.47 Å². The average Bonchev–Trinajstić information content (AvgIpc) is 2.83. The van der Waals surface area contributed by atoms with Gasteiger partial charge < -0.3 is 9.47 Å². The summed E-state index contributed by atoms with van der Waals surface area (Å²) >= 11 is 0. The quantitative estimate of drug-likeness (QED) is 0.757. The predicted octanol–water partition coefficient (Wildman–Crippen LogP) is 3.04. The molecule has 0 saturated carbocycles. The van der Waals surface area contributed by atoms with E-state index in [0.717, 1.165) is 32.5 Å². The van der Waals surface area contributed by atoms with Gasteiger partial charge in [0.15, 0.2) is 5.79 Å². The third-order valence-corrected chi connectivity index (χ3v) is 6.05.